The van der Waals surface area contributed by atoms with Crippen molar-refractivity contribution in [1.29, 1.82) is 0 Å². The minimum absolute atomic E-state index is 0.0875. The maximum absolute atomic E-state index is 11.7. The zero-order valence-electron chi connectivity index (χ0n) is 9.20. The number of hydrogen-bond acceptors (Lipinski definition) is 4. The summed E-state index contributed by atoms with van der Waals surface area (Å²) < 4.78 is 26.7. The Morgan fingerprint density at radius 2 is 2.06 bits per heavy atom. The Morgan fingerprint density at radius 3 is 2.59 bits per heavy atom. The van der Waals surface area contributed by atoms with Crippen molar-refractivity contribution in [3.63, 3.8) is 0 Å². The molecule has 8 heteroatoms. The molecule has 0 amide bonds. The molecule has 7 nitrogen and oxygen atoms in total. The monoisotopic (exact) mass is 259 g/mol. The van der Waals surface area contributed by atoms with E-state index in [0.717, 1.165) is 4.31 Å². The number of aliphatic carboxylic acids is 1. The second-order valence-electron chi connectivity index (χ2n) is 3.31. The number of hydrogen-bond donors (Lipinski definition) is 2. The number of carboxylic acid groups (broad SMARTS) is 1. The molecule has 0 aliphatic carbocycles. The molecule has 0 atom stereocenters. The number of rotatable bonds is 6. The van der Waals surface area contributed by atoms with Crippen LogP contribution in [-0.4, -0.2) is 42.4 Å². The van der Waals surface area contributed by atoms with E-state index in [0.29, 0.717) is 5.69 Å². The zero-order chi connectivity index (χ0) is 12.9. The normalized spacial score (nSPS) is 11.4. The van der Waals surface area contributed by atoms with Gasteiger partial charge in [0.1, 0.15) is 0 Å². The summed E-state index contributed by atoms with van der Waals surface area (Å²) in [4.78, 5) is 14.1. The van der Waals surface area contributed by atoms with Crippen LogP contribution < -0.4 is 4.72 Å². The summed E-state index contributed by atoms with van der Waals surface area (Å²) in [6, 6.07) is 3.01. The summed E-state index contributed by atoms with van der Waals surface area (Å²) in [6.07, 6.45) is 2.66. The van der Waals surface area contributed by atoms with Crippen LogP contribution in [0.3, 0.4) is 0 Å². The molecule has 0 saturated heterocycles. The van der Waals surface area contributed by atoms with Gasteiger partial charge in [-0.3, -0.25) is 14.5 Å². The van der Waals surface area contributed by atoms with Gasteiger partial charge in [0.05, 0.1) is 12.1 Å². The number of pyridine rings is 1. The first kappa shape index (κ1) is 13.4. The van der Waals surface area contributed by atoms with E-state index < -0.39 is 16.2 Å². The lowest BCUT2D eigenvalue weighted by Gasteiger charge is -2.17. The van der Waals surface area contributed by atoms with Crippen LogP contribution in [0.1, 0.15) is 6.42 Å². The summed E-state index contributed by atoms with van der Waals surface area (Å²) in [5.41, 5.74) is 0.377. The molecule has 0 spiro atoms. The Kier molecular flexibility index (Phi) is 4.41. The topological polar surface area (TPSA) is 99.6 Å². The largest absolute Gasteiger partial charge is 0.481 e. The van der Waals surface area contributed by atoms with Gasteiger partial charge >= 0.3 is 16.2 Å². The third kappa shape index (κ3) is 4.37. The summed E-state index contributed by atoms with van der Waals surface area (Å²) >= 11 is 0. The first-order chi connectivity index (χ1) is 7.92. The fraction of sp³-hybridized carbons (Fsp3) is 0.333. The molecule has 0 unspecified atom stereocenters. The lowest BCUT2D eigenvalue weighted by Crippen LogP contribution is -2.34. The molecule has 0 bridgehead atoms. The molecule has 0 radical (unpaired) electrons. The van der Waals surface area contributed by atoms with E-state index in [-0.39, 0.29) is 13.0 Å². The van der Waals surface area contributed by atoms with Crippen molar-refractivity contribution in [1.82, 2.24) is 9.29 Å². The molecule has 94 valence electrons. The Balaban J connectivity index is 2.65. The maximum Gasteiger partial charge on any atom is 0.304 e. The highest BCUT2D eigenvalue weighted by molar-refractivity contribution is 7.90. The van der Waals surface area contributed by atoms with Gasteiger partial charge in [0.25, 0.3) is 0 Å². The summed E-state index contributed by atoms with van der Waals surface area (Å²) in [5, 5.41) is 8.47. The van der Waals surface area contributed by atoms with Crippen molar-refractivity contribution in [3.05, 3.63) is 24.5 Å². The van der Waals surface area contributed by atoms with E-state index in [1.165, 1.54) is 31.6 Å². The van der Waals surface area contributed by atoms with Crippen LogP contribution in [0.15, 0.2) is 24.5 Å². The van der Waals surface area contributed by atoms with E-state index in [9.17, 15) is 13.2 Å². The maximum atomic E-state index is 11.7. The molecule has 0 saturated carbocycles. The zero-order valence-corrected chi connectivity index (χ0v) is 10.0. The quantitative estimate of drug-likeness (QED) is 0.757. The van der Waals surface area contributed by atoms with Crippen LogP contribution in [0.4, 0.5) is 5.69 Å². The fourth-order valence-corrected chi connectivity index (χ4v) is 1.94. The van der Waals surface area contributed by atoms with E-state index in [1.54, 1.807) is 0 Å². The lowest BCUT2D eigenvalue weighted by atomic mass is 10.4. The van der Waals surface area contributed by atoms with E-state index in [4.69, 9.17) is 5.11 Å². The van der Waals surface area contributed by atoms with Crippen LogP contribution in [0.2, 0.25) is 0 Å². The molecule has 0 fully saturated rings. The van der Waals surface area contributed by atoms with Crippen LogP contribution in [0.5, 0.6) is 0 Å². The number of carboxylic acids is 1. The van der Waals surface area contributed by atoms with Crippen molar-refractivity contribution in [2.24, 2.45) is 0 Å². The fourth-order valence-electron chi connectivity index (χ4n) is 1.02. The average Bonchev–Trinajstić information content (AvgIpc) is 2.26. The molecular formula is C9H13N3O4S. The number of nitrogens with zero attached hydrogens (tertiary/aromatic N) is 2. The van der Waals surface area contributed by atoms with Crippen molar-refractivity contribution < 1.29 is 18.3 Å². The van der Waals surface area contributed by atoms with Gasteiger partial charge in [-0.05, 0) is 12.1 Å². The number of nitrogens with one attached hydrogen (secondary N) is 1. The van der Waals surface area contributed by atoms with Crippen molar-refractivity contribution in [2.75, 3.05) is 18.3 Å². The van der Waals surface area contributed by atoms with E-state index in [1.807, 2.05) is 0 Å². The van der Waals surface area contributed by atoms with Crippen LogP contribution >= 0.6 is 0 Å². The van der Waals surface area contributed by atoms with Gasteiger partial charge in [0.2, 0.25) is 0 Å². The second kappa shape index (κ2) is 5.60. The van der Waals surface area contributed by atoms with E-state index in [2.05, 4.69) is 9.71 Å². The van der Waals surface area contributed by atoms with Gasteiger partial charge in [0.15, 0.2) is 0 Å². The third-order valence-electron chi connectivity index (χ3n) is 1.98. The van der Waals surface area contributed by atoms with Crippen molar-refractivity contribution in [3.8, 4) is 0 Å². The van der Waals surface area contributed by atoms with Gasteiger partial charge in [-0.1, -0.05) is 0 Å². The van der Waals surface area contributed by atoms with Gasteiger partial charge in [-0.2, -0.15) is 12.7 Å². The number of anilines is 1. The second-order valence-corrected chi connectivity index (χ2v) is 5.09. The molecule has 2 N–H and O–H groups in total. The van der Waals surface area contributed by atoms with E-state index >= 15 is 0 Å². The first-order valence-corrected chi connectivity index (χ1v) is 6.22. The molecule has 0 aliphatic rings. The third-order valence-corrected chi connectivity index (χ3v) is 3.47. The Labute approximate surface area is 99.3 Å². The highest BCUT2D eigenvalue weighted by Crippen LogP contribution is 2.08. The van der Waals surface area contributed by atoms with Gasteiger partial charge in [-0.15, -0.1) is 0 Å². The molecular weight excluding hydrogens is 246 g/mol. The highest BCUT2D eigenvalue weighted by atomic mass is 32.2. The van der Waals surface area contributed by atoms with Gasteiger partial charge in [0, 0.05) is 26.0 Å². The Bertz CT molecular complexity index is 474. The minimum Gasteiger partial charge on any atom is -0.481 e. The average molecular weight is 259 g/mol. The van der Waals surface area contributed by atoms with Crippen LogP contribution in [-0.2, 0) is 15.0 Å². The molecule has 1 aromatic rings. The predicted molar refractivity (Wildman–Crippen MR) is 61.7 cm³/mol. The molecule has 0 aliphatic heterocycles. The SMILES string of the molecule is CN(CCC(=O)O)S(=O)(=O)Nc1ccncc1. The van der Waals surface area contributed by atoms with Gasteiger partial charge < -0.3 is 5.11 Å². The standard InChI is InChI=1S/C9H13N3O4S/c1-12(7-4-9(13)14)17(15,16)11-8-2-5-10-6-3-8/h2-3,5-6H,4,7H2,1H3,(H,10,11)(H,13,14). The van der Waals surface area contributed by atoms with Crippen LogP contribution in [0.25, 0.3) is 0 Å². The Morgan fingerprint density at radius 1 is 1.47 bits per heavy atom. The molecule has 1 heterocycles. The smallest absolute Gasteiger partial charge is 0.304 e. The Hall–Kier alpha value is -1.67. The van der Waals surface area contributed by atoms with Crippen molar-refractivity contribution >= 4 is 21.9 Å². The number of carbonyl (C=O) groups is 1. The van der Waals surface area contributed by atoms with Gasteiger partial charge in [-0.25, -0.2) is 0 Å². The molecule has 1 rings (SSSR count). The lowest BCUT2D eigenvalue weighted by molar-refractivity contribution is -0.137. The minimum atomic E-state index is -3.72. The van der Waals surface area contributed by atoms with Crippen molar-refractivity contribution in [2.45, 2.75) is 6.42 Å². The first-order valence-electron chi connectivity index (χ1n) is 4.78. The predicted octanol–water partition coefficient (Wildman–Crippen LogP) is 0.145. The molecule has 17 heavy (non-hydrogen) atoms. The summed E-state index contributed by atoms with van der Waals surface area (Å²) in [6.45, 7) is -0.0875. The van der Waals surface area contributed by atoms with Crippen LogP contribution in [0, 0.1) is 0 Å². The molecule has 1 aromatic heterocycles. The summed E-state index contributed by atoms with van der Waals surface area (Å²) in [5.74, 6) is -1.05. The molecule has 0 aromatic carbocycles. The number of aromatic nitrogens is 1. The summed E-state index contributed by atoms with van der Waals surface area (Å²) in [7, 11) is -2.40. The highest BCUT2D eigenvalue weighted by Gasteiger charge is 2.17.